The first kappa shape index (κ1) is 20.5. The molecule has 5 nitrogen and oxygen atoms in total. The molecule has 0 saturated heterocycles. The molecule has 0 spiro atoms. The average molecular weight is 441 g/mol. The molecule has 6 heteroatoms. The number of halogens is 1. The van der Waals surface area contributed by atoms with Crippen LogP contribution in [0, 0.1) is 5.92 Å². The molecular weight excluding hydrogens is 413 g/mol. The van der Waals surface area contributed by atoms with E-state index in [2.05, 4.69) is 52.9 Å². The molecule has 0 unspecified atom stereocenters. The first-order valence-corrected chi connectivity index (χ1v) is 8.22. The molecule has 2 N–H and O–H groups in total. The quantitative estimate of drug-likeness (QED) is 0.394. The van der Waals surface area contributed by atoms with Crippen molar-refractivity contribution in [3.8, 4) is 5.69 Å². The maximum atomic E-state index is 4.42. The van der Waals surface area contributed by atoms with Crippen molar-refractivity contribution in [3.05, 3.63) is 48.3 Å². The smallest absolute Gasteiger partial charge is 0.190 e. The van der Waals surface area contributed by atoms with Crippen molar-refractivity contribution >= 4 is 29.9 Å². The number of para-hydroxylation sites is 1. The third-order valence-corrected chi connectivity index (χ3v) is 3.60. The van der Waals surface area contributed by atoms with Crippen LogP contribution >= 0.6 is 24.0 Å². The fourth-order valence-corrected chi connectivity index (χ4v) is 2.24. The van der Waals surface area contributed by atoms with Gasteiger partial charge in [-0.15, -0.1) is 24.0 Å². The minimum absolute atomic E-state index is 0. The van der Waals surface area contributed by atoms with Crippen molar-refractivity contribution in [2.75, 3.05) is 20.1 Å². The normalized spacial score (nSPS) is 11.2. The number of hydrogen-bond donors (Lipinski definition) is 2. The van der Waals surface area contributed by atoms with Crippen molar-refractivity contribution in [2.45, 2.75) is 26.7 Å². The van der Waals surface area contributed by atoms with Gasteiger partial charge >= 0.3 is 0 Å². The molecule has 2 aromatic rings. The van der Waals surface area contributed by atoms with E-state index < -0.39 is 0 Å². The third kappa shape index (κ3) is 6.90. The van der Waals surface area contributed by atoms with Crippen LogP contribution in [0.3, 0.4) is 0 Å². The zero-order valence-corrected chi connectivity index (χ0v) is 17.0. The van der Waals surface area contributed by atoms with Crippen LogP contribution in [-0.2, 0) is 6.42 Å². The standard InChI is InChI=1S/C18H27N5.HI/c1-15(2)9-11-20-18(19-3)21-12-10-16-13-22-23(14-16)17-7-5-4-6-8-17;/h4-8,13-15H,9-12H2,1-3H3,(H2,19,20,21);1H. The van der Waals surface area contributed by atoms with Gasteiger partial charge in [0.25, 0.3) is 0 Å². The summed E-state index contributed by atoms with van der Waals surface area (Å²) in [6.45, 7) is 6.23. The molecule has 0 aliphatic heterocycles. The van der Waals surface area contributed by atoms with Gasteiger partial charge in [0, 0.05) is 26.3 Å². The van der Waals surface area contributed by atoms with Gasteiger partial charge in [-0.3, -0.25) is 4.99 Å². The Hall–Kier alpha value is -1.57. The maximum absolute atomic E-state index is 4.42. The SMILES string of the molecule is CN=C(NCCc1cnn(-c2ccccc2)c1)NCCC(C)C.I. The molecule has 1 aromatic heterocycles. The van der Waals surface area contributed by atoms with Gasteiger partial charge in [0.15, 0.2) is 5.96 Å². The van der Waals surface area contributed by atoms with Crippen LogP contribution in [0.1, 0.15) is 25.8 Å². The number of aromatic nitrogens is 2. The van der Waals surface area contributed by atoms with E-state index in [4.69, 9.17) is 0 Å². The second-order valence-electron chi connectivity index (χ2n) is 5.99. The summed E-state index contributed by atoms with van der Waals surface area (Å²) in [5, 5.41) is 11.1. The van der Waals surface area contributed by atoms with E-state index in [-0.39, 0.29) is 24.0 Å². The summed E-state index contributed by atoms with van der Waals surface area (Å²) in [5.41, 5.74) is 2.29. The Morgan fingerprint density at radius 1 is 1.17 bits per heavy atom. The first-order chi connectivity index (χ1) is 11.2. The lowest BCUT2D eigenvalue weighted by Crippen LogP contribution is -2.39. The van der Waals surface area contributed by atoms with E-state index in [1.54, 1.807) is 7.05 Å². The monoisotopic (exact) mass is 441 g/mol. The summed E-state index contributed by atoms with van der Waals surface area (Å²) < 4.78 is 1.91. The van der Waals surface area contributed by atoms with Crippen LogP contribution in [0.4, 0.5) is 0 Å². The zero-order chi connectivity index (χ0) is 16.5. The molecule has 0 atom stereocenters. The number of rotatable bonds is 7. The Morgan fingerprint density at radius 2 is 1.88 bits per heavy atom. The lowest BCUT2D eigenvalue weighted by molar-refractivity contribution is 0.573. The third-order valence-electron chi connectivity index (χ3n) is 3.60. The van der Waals surface area contributed by atoms with E-state index in [9.17, 15) is 0 Å². The predicted molar refractivity (Wildman–Crippen MR) is 112 cm³/mol. The summed E-state index contributed by atoms with van der Waals surface area (Å²) in [6, 6.07) is 10.1. The highest BCUT2D eigenvalue weighted by atomic mass is 127. The second-order valence-corrected chi connectivity index (χ2v) is 5.99. The van der Waals surface area contributed by atoms with Gasteiger partial charge in [-0.1, -0.05) is 32.0 Å². The van der Waals surface area contributed by atoms with Crippen molar-refractivity contribution in [3.63, 3.8) is 0 Å². The molecule has 24 heavy (non-hydrogen) atoms. The highest BCUT2D eigenvalue weighted by Gasteiger charge is 2.02. The fourth-order valence-electron chi connectivity index (χ4n) is 2.24. The number of nitrogens with zero attached hydrogens (tertiary/aromatic N) is 3. The Morgan fingerprint density at radius 3 is 2.54 bits per heavy atom. The van der Waals surface area contributed by atoms with Crippen molar-refractivity contribution in [1.29, 1.82) is 0 Å². The van der Waals surface area contributed by atoms with Gasteiger partial charge in [0.2, 0.25) is 0 Å². The molecule has 0 bridgehead atoms. The zero-order valence-electron chi connectivity index (χ0n) is 14.7. The van der Waals surface area contributed by atoms with E-state index in [0.717, 1.165) is 37.6 Å². The van der Waals surface area contributed by atoms with Gasteiger partial charge in [0.1, 0.15) is 0 Å². The largest absolute Gasteiger partial charge is 0.356 e. The Kier molecular flexibility index (Phi) is 9.44. The van der Waals surface area contributed by atoms with Crippen LogP contribution in [-0.4, -0.2) is 35.9 Å². The topological polar surface area (TPSA) is 54.2 Å². The number of nitrogens with one attached hydrogen (secondary N) is 2. The minimum atomic E-state index is 0. The minimum Gasteiger partial charge on any atom is -0.356 e. The highest BCUT2D eigenvalue weighted by molar-refractivity contribution is 14.0. The van der Waals surface area contributed by atoms with Crippen LogP contribution in [0.25, 0.3) is 5.69 Å². The first-order valence-electron chi connectivity index (χ1n) is 8.22. The lowest BCUT2D eigenvalue weighted by atomic mass is 10.1. The fraction of sp³-hybridized carbons (Fsp3) is 0.444. The molecule has 1 heterocycles. The molecule has 2 rings (SSSR count). The van der Waals surface area contributed by atoms with E-state index in [0.29, 0.717) is 5.92 Å². The predicted octanol–water partition coefficient (Wildman–Crippen LogP) is 3.24. The second kappa shape index (κ2) is 11.1. The van der Waals surface area contributed by atoms with Crippen molar-refractivity contribution in [1.82, 2.24) is 20.4 Å². The highest BCUT2D eigenvalue weighted by Crippen LogP contribution is 2.07. The molecule has 0 fully saturated rings. The van der Waals surface area contributed by atoms with E-state index in [1.807, 2.05) is 29.1 Å². The van der Waals surface area contributed by atoms with Crippen LogP contribution in [0.15, 0.2) is 47.7 Å². The molecule has 0 aliphatic rings. The molecule has 0 amide bonds. The summed E-state index contributed by atoms with van der Waals surface area (Å²) in [7, 11) is 1.80. The molecular formula is C18H28IN5. The summed E-state index contributed by atoms with van der Waals surface area (Å²) >= 11 is 0. The number of aliphatic imine (C=N–C) groups is 1. The van der Waals surface area contributed by atoms with E-state index in [1.165, 1.54) is 5.56 Å². The van der Waals surface area contributed by atoms with Crippen molar-refractivity contribution < 1.29 is 0 Å². The molecule has 132 valence electrons. The van der Waals surface area contributed by atoms with Crippen LogP contribution < -0.4 is 10.6 Å². The van der Waals surface area contributed by atoms with Crippen LogP contribution in [0.2, 0.25) is 0 Å². The van der Waals surface area contributed by atoms with Crippen molar-refractivity contribution in [2.24, 2.45) is 10.9 Å². The molecule has 0 aliphatic carbocycles. The van der Waals surface area contributed by atoms with Gasteiger partial charge in [-0.2, -0.15) is 5.10 Å². The molecule has 1 aromatic carbocycles. The van der Waals surface area contributed by atoms with Crippen LogP contribution in [0.5, 0.6) is 0 Å². The average Bonchev–Trinajstić information content (AvgIpc) is 3.03. The number of benzene rings is 1. The van der Waals surface area contributed by atoms with Gasteiger partial charge in [-0.25, -0.2) is 4.68 Å². The Balaban J connectivity index is 0.00000288. The summed E-state index contributed by atoms with van der Waals surface area (Å²) in [4.78, 5) is 4.24. The molecule has 0 radical (unpaired) electrons. The summed E-state index contributed by atoms with van der Waals surface area (Å²) in [5.74, 6) is 1.56. The van der Waals surface area contributed by atoms with E-state index >= 15 is 0 Å². The molecule has 0 saturated carbocycles. The van der Waals surface area contributed by atoms with Gasteiger partial charge in [-0.05, 0) is 36.5 Å². The summed E-state index contributed by atoms with van der Waals surface area (Å²) in [6.07, 6.45) is 6.05. The lowest BCUT2D eigenvalue weighted by Gasteiger charge is -2.12. The Bertz CT molecular complexity index is 607. The number of hydrogen-bond acceptors (Lipinski definition) is 2. The Labute approximate surface area is 162 Å². The maximum Gasteiger partial charge on any atom is 0.190 e. The van der Waals surface area contributed by atoms with Gasteiger partial charge < -0.3 is 10.6 Å². The number of guanidine groups is 1. The van der Waals surface area contributed by atoms with Gasteiger partial charge in [0.05, 0.1) is 11.9 Å².